The van der Waals surface area contributed by atoms with Crippen LogP contribution in [-0.4, -0.2) is 22.7 Å². The Bertz CT molecular complexity index is 516. The van der Waals surface area contributed by atoms with Crippen LogP contribution < -0.4 is 5.32 Å². The smallest absolute Gasteiger partial charge is 0.0737 e. The molecule has 1 aromatic carbocycles. The Hall–Kier alpha value is -1.32. The maximum atomic E-state index is 8.89. The Labute approximate surface area is 105 Å². The molecule has 1 atom stereocenters. The molecule has 0 spiro atoms. The Morgan fingerprint density at radius 3 is 3.00 bits per heavy atom. The number of pyridine rings is 1. The van der Waals surface area contributed by atoms with Crippen LogP contribution in [0.4, 0.5) is 5.69 Å². The first kappa shape index (κ1) is 12.1. The molecule has 0 saturated carbocycles. The van der Waals surface area contributed by atoms with E-state index < -0.39 is 0 Å². The number of hydrogen-bond donors (Lipinski definition) is 2. The maximum Gasteiger partial charge on any atom is 0.0737 e. The molecule has 0 saturated heterocycles. The highest BCUT2D eigenvalue weighted by molar-refractivity contribution is 6.31. The fourth-order valence-corrected chi connectivity index (χ4v) is 1.94. The van der Waals surface area contributed by atoms with Gasteiger partial charge in [0, 0.05) is 34.9 Å². The highest BCUT2D eigenvalue weighted by atomic mass is 35.5. The summed E-state index contributed by atoms with van der Waals surface area (Å²) in [4.78, 5) is 4.28. The molecule has 17 heavy (non-hydrogen) atoms. The zero-order valence-electron chi connectivity index (χ0n) is 9.65. The van der Waals surface area contributed by atoms with Crippen molar-refractivity contribution in [2.45, 2.75) is 19.4 Å². The summed E-state index contributed by atoms with van der Waals surface area (Å²) in [5, 5.41) is 14.0. The predicted octanol–water partition coefficient (Wildman–Crippen LogP) is 3.07. The molecular formula is C13H15ClN2O. The molecular weight excluding hydrogens is 236 g/mol. The fraction of sp³-hybridized carbons (Fsp3) is 0.308. The van der Waals surface area contributed by atoms with E-state index >= 15 is 0 Å². The summed E-state index contributed by atoms with van der Waals surface area (Å²) in [6.07, 6.45) is 2.48. The number of aromatic nitrogens is 1. The van der Waals surface area contributed by atoms with Crippen LogP contribution in [-0.2, 0) is 0 Å². The Morgan fingerprint density at radius 2 is 2.24 bits per heavy atom. The Balaban J connectivity index is 2.34. The van der Waals surface area contributed by atoms with Crippen LogP contribution in [0.15, 0.2) is 30.5 Å². The second-order valence-electron chi connectivity index (χ2n) is 4.08. The van der Waals surface area contributed by atoms with E-state index in [1.54, 1.807) is 6.20 Å². The number of nitrogens with zero attached hydrogens (tertiary/aromatic N) is 1. The van der Waals surface area contributed by atoms with E-state index in [1.807, 2.05) is 31.2 Å². The van der Waals surface area contributed by atoms with Gasteiger partial charge in [0.1, 0.15) is 0 Å². The number of fused-ring (bicyclic) bond motifs is 1. The average Bonchev–Trinajstić information content (AvgIpc) is 2.29. The van der Waals surface area contributed by atoms with Crippen LogP contribution in [0.25, 0.3) is 10.9 Å². The van der Waals surface area contributed by atoms with Gasteiger partial charge in [-0.05, 0) is 37.6 Å². The van der Waals surface area contributed by atoms with Crippen molar-refractivity contribution in [1.82, 2.24) is 4.98 Å². The molecule has 0 fully saturated rings. The first-order valence-corrected chi connectivity index (χ1v) is 6.00. The van der Waals surface area contributed by atoms with Gasteiger partial charge in [0.25, 0.3) is 0 Å². The van der Waals surface area contributed by atoms with Gasteiger partial charge in [-0.3, -0.25) is 4.98 Å². The van der Waals surface area contributed by atoms with Crippen LogP contribution >= 0.6 is 11.6 Å². The summed E-state index contributed by atoms with van der Waals surface area (Å²) in [6.45, 7) is 2.22. The normalized spacial score (nSPS) is 12.6. The van der Waals surface area contributed by atoms with Crippen molar-refractivity contribution < 1.29 is 5.11 Å². The highest BCUT2D eigenvalue weighted by Gasteiger charge is 2.05. The zero-order chi connectivity index (χ0) is 12.3. The number of aliphatic hydroxyl groups excluding tert-OH is 1. The second kappa shape index (κ2) is 5.34. The van der Waals surface area contributed by atoms with Gasteiger partial charge in [-0.1, -0.05) is 11.6 Å². The van der Waals surface area contributed by atoms with E-state index in [4.69, 9.17) is 16.7 Å². The lowest BCUT2D eigenvalue weighted by Crippen LogP contribution is -2.16. The predicted molar refractivity (Wildman–Crippen MR) is 71.5 cm³/mol. The minimum absolute atomic E-state index is 0.184. The first-order chi connectivity index (χ1) is 8.20. The van der Waals surface area contributed by atoms with E-state index in [1.165, 1.54) is 0 Å². The highest BCUT2D eigenvalue weighted by Crippen LogP contribution is 2.25. The van der Waals surface area contributed by atoms with Crippen LogP contribution in [0, 0.1) is 0 Å². The monoisotopic (exact) mass is 250 g/mol. The topological polar surface area (TPSA) is 45.1 Å². The molecule has 0 aliphatic rings. The lowest BCUT2D eigenvalue weighted by Gasteiger charge is -2.15. The Morgan fingerprint density at radius 1 is 1.41 bits per heavy atom. The summed E-state index contributed by atoms with van der Waals surface area (Å²) in [5.74, 6) is 0. The molecule has 1 heterocycles. The van der Waals surface area contributed by atoms with Gasteiger partial charge in [0.05, 0.1) is 5.52 Å². The van der Waals surface area contributed by atoms with Crippen molar-refractivity contribution in [3.05, 3.63) is 35.5 Å². The number of anilines is 1. The molecule has 0 amide bonds. The molecule has 2 aromatic rings. The lowest BCUT2D eigenvalue weighted by atomic mass is 10.1. The standard InChI is InChI=1S/C13H15ClN2O/c1-9(5-7-17)16-12-4-6-15-13-8-10(14)2-3-11(12)13/h2-4,6,8-9,17H,5,7H2,1H3,(H,15,16). The summed E-state index contributed by atoms with van der Waals surface area (Å²) < 4.78 is 0. The maximum absolute atomic E-state index is 8.89. The first-order valence-electron chi connectivity index (χ1n) is 5.62. The van der Waals surface area contributed by atoms with Gasteiger partial charge < -0.3 is 10.4 Å². The molecule has 0 aliphatic heterocycles. The van der Waals surface area contributed by atoms with E-state index in [0.717, 1.165) is 23.0 Å². The summed E-state index contributed by atoms with van der Waals surface area (Å²) in [6, 6.07) is 7.82. The molecule has 4 heteroatoms. The van der Waals surface area contributed by atoms with Gasteiger partial charge in [0.15, 0.2) is 0 Å². The summed E-state index contributed by atoms with van der Waals surface area (Å²) in [5.41, 5.74) is 1.89. The molecule has 3 nitrogen and oxygen atoms in total. The van der Waals surface area contributed by atoms with Crippen LogP contribution in [0.2, 0.25) is 5.02 Å². The molecule has 1 unspecified atom stereocenters. The molecule has 2 N–H and O–H groups in total. The third kappa shape index (κ3) is 2.87. The van der Waals surface area contributed by atoms with Gasteiger partial charge in [-0.15, -0.1) is 0 Å². The van der Waals surface area contributed by atoms with Crippen molar-refractivity contribution in [3.63, 3.8) is 0 Å². The molecule has 0 radical (unpaired) electrons. The Kier molecular flexibility index (Phi) is 3.82. The zero-order valence-corrected chi connectivity index (χ0v) is 10.4. The quantitative estimate of drug-likeness (QED) is 0.877. The minimum Gasteiger partial charge on any atom is -0.396 e. The van der Waals surface area contributed by atoms with Crippen LogP contribution in [0.1, 0.15) is 13.3 Å². The largest absolute Gasteiger partial charge is 0.396 e. The second-order valence-corrected chi connectivity index (χ2v) is 4.51. The van der Waals surface area contributed by atoms with Crippen molar-refractivity contribution >= 4 is 28.2 Å². The van der Waals surface area contributed by atoms with E-state index in [-0.39, 0.29) is 12.6 Å². The van der Waals surface area contributed by atoms with Crippen molar-refractivity contribution in [1.29, 1.82) is 0 Å². The summed E-state index contributed by atoms with van der Waals surface area (Å²) >= 11 is 5.93. The molecule has 0 aliphatic carbocycles. The minimum atomic E-state index is 0.184. The van der Waals surface area contributed by atoms with Crippen LogP contribution in [0.3, 0.4) is 0 Å². The average molecular weight is 251 g/mol. The third-order valence-corrected chi connectivity index (χ3v) is 2.90. The van der Waals surface area contributed by atoms with Crippen molar-refractivity contribution in [3.8, 4) is 0 Å². The van der Waals surface area contributed by atoms with Gasteiger partial charge >= 0.3 is 0 Å². The number of aliphatic hydroxyl groups is 1. The van der Waals surface area contributed by atoms with Crippen LogP contribution in [0.5, 0.6) is 0 Å². The molecule has 2 rings (SSSR count). The molecule has 0 bridgehead atoms. The van der Waals surface area contributed by atoms with E-state index in [2.05, 4.69) is 10.3 Å². The van der Waals surface area contributed by atoms with Crippen molar-refractivity contribution in [2.24, 2.45) is 0 Å². The molecule has 1 aromatic heterocycles. The lowest BCUT2D eigenvalue weighted by molar-refractivity contribution is 0.282. The SMILES string of the molecule is CC(CCO)Nc1ccnc2cc(Cl)ccc12. The van der Waals surface area contributed by atoms with E-state index in [0.29, 0.717) is 5.02 Å². The summed E-state index contributed by atoms with van der Waals surface area (Å²) in [7, 11) is 0. The molecule has 90 valence electrons. The van der Waals surface area contributed by atoms with Gasteiger partial charge in [-0.2, -0.15) is 0 Å². The number of hydrogen-bond acceptors (Lipinski definition) is 3. The van der Waals surface area contributed by atoms with E-state index in [9.17, 15) is 0 Å². The van der Waals surface area contributed by atoms with Gasteiger partial charge in [0.2, 0.25) is 0 Å². The van der Waals surface area contributed by atoms with Gasteiger partial charge in [-0.25, -0.2) is 0 Å². The number of halogens is 1. The number of benzene rings is 1. The van der Waals surface area contributed by atoms with Crippen molar-refractivity contribution in [2.75, 3.05) is 11.9 Å². The third-order valence-electron chi connectivity index (χ3n) is 2.67. The number of rotatable bonds is 4. The fourth-order valence-electron chi connectivity index (χ4n) is 1.78. The number of nitrogens with one attached hydrogen (secondary N) is 1.